The summed E-state index contributed by atoms with van der Waals surface area (Å²) in [6, 6.07) is 4.11. The highest BCUT2D eigenvalue weighted by molar-refractivity contribution is 9.10. The summed E-state index contributed by atoms with van der Waals surface area (Å²) in [6.45, 7) is 0.697. The maximum atomic E-state index is 5.82. The lowest BCUT2D eigenvalue weighted by molar-refractivity contribution is 0.646. The van der Waals surface area contributed by atoms with Gasteiger partial charge in [-0.3, -0.25) is 0 Å². The number of hydrogen-bond acceptors (Lipinski definition) is 2. The zero-order chi connectivity index (χ0) is 10.5. The molecule has 15 heavy (non-hydrogen) atoms. The van der Waals surface area contributed by atoms with Crippen LogP contribution in [-0.2, 0) is 5.41 Å². The highest BCUT2D eigenvalue weighted by atomic mass is 79.9. The Morgan fingerprint density at radius 3 is 3.00 bits per heavy atom. The average Bonchev–Trinajstić information content (AvgIpc) is 2.93. The third-order valence-corrected chi connectivity index (χ3v) is 3.71. The minimum atomic E-state index is 0.153. The first-order valence-electron chi connectivity index (χ1n) is 5.08. The standard InChI is InChI=1S/C11H12BrN3/c12-8-1-4-15-9(5-8)6-14-10(15)11(7-13)2-3-11/h1,4-6H,2-3,7,13H2. The van der Waals surface area contributed by atoms with Gasteiger partial charge in [0.05, 0.1) is 11.7 Å². The van der Waals surface area contributed by atoms with E-state index in [9.17, 15) is 0 Å². The molecule has 0 atom stereocenters. The number of nitrogens with zero attached hydrogens (tertiary/aromatic N) is 2. The molecule has 0 bridgehead atoms. The van der Waals surface area contributed by atoms with Gasteiger partial charge in [-0.25, -0.2) is 4.98 Å². The first kappa shape index (κ1) is 9.36. The second-order valence-electron chi connectivity index (χ2n) is 4.21. The van der Waals surface area contributed by atoms with E-state index in [2.05, 4.69) is 37.6 Å². The van der Waals surface area contributed by atoms with Crippen molar-refractivity contribution in [1.82, 2.24) is 9.38 Å². The van der Waals surface area contributed by atoms with Crippen molar-refractivity contribution >= 4 is 21.4 Å². The third-order valence-electron chi connectivity index (χ3n) is 3.21. The van der Waals surface area contributed by atoms with E-state index in [1.807, 2.05) is 12.3 Å². The molecule has 1 aliphatic carbocycles. The van der Waals surface area contributed by atoms with Gasteiger partial charge in [0.2, 0.25) is 0 Å². The molecular formula is C11H12BrN3. The van der Waals surface area contributed by atoms with Crippen LogP contribution >= 0.6 is 15.9 Å². The normalized spacial score (nSPS) is 18.3. The zero-order valence-electron chi connectivity index (χ0n) is 8.28. The van der Waals surface area contributed by atoms with Crippen molar-refractivity contribution in [3.8, 4) is 0 Å². The molecule has 2 heterocycles. The monoisotopic (exact) mass is 265 g/mol. The van der Waals surface area contributed by atoms with Gasteiger partial charge < -0.3 is 10.1 Å². The first-order chi connectivity index (χ1) is 7.25. The molecule has 2 aromatic heterocycles. The van der Waals surface area contributed by atoms with Gasteiger partial charge in [0.1, 0.15) is 5.82 Å². The predicted molar refractivity (Wildman–Crippen MR) is 62.9 cm³/mol. The molecule has 4 heteroatoms. The number of aromatic nitrogens is 2. The Bertz CT molecular complexity index is 514. The molecule has 0 radical (unpaired) electrons. The van der Waals surface area contributed by atoms with Gasteiger partial charge in [-0.15, -0.1) is 0 Å². The van der Waals surface area contributed by atoms with Crippen molar-refractivity contribution in [2.75, 3.05) is 6.54 Å². The van der Waals surface area contributed by atoms with Crippen LogP contribution in [0.5, 0.6) is 0 Å². The summed E-state index contributed by atoms with van der Waals surface area (Å²) in [7, 11) is 0. The largest absolute Gasteiger partial charge is 0.329 e. The minimum absolute atomic E-state index is 0.153. The summed E-state index contributed by atoms with van der Waals surface area (Å²) < 4.78 is 3.23. The fourth-order valence-corrected chi connectivity index (χ4v) is 2.39. The number of nitrogens with two attached hydrogens (primary N) is 1. The fourth-order valence-electron chi connectivity index (χ4n) is 2.03. The maximum Gasteiger partial charge on any atom is 0.120 e. The van der Waals surface area contributed by atoms with Gasteiger partial charge in [0.25, 0.3) is 0 Å². The van der Waals surface area contributed by atoms with Crippen molar-refractivity contribution in [3.05, 3.63) is 34.8 Å². The molecule has 0 aromatic carbocycles. The van der Waals surface area contributed by atoms with Crippen LogP contribution in [0.4, 0.5) is 0 Å². The Kier molecular flexibility index (Phi) is 1.91. The molecule has 3 rings (SSSR count). The Morgan fingerprint density at radius 2 is 2.33 bits per heavy atom. The molecule has 0 aliphatic heterocycles. The lowest BCUT2D eigenvalue weighted by Crippen LogP contribution is -2.22. The fraction of sp³-hybridized carbons (Fsp3) is 0.364. The van der Waals surface area contributed by atoms with E-state index >= 15 is 0 Å². The number of imidazole rings is 1. The second-order valence-corrected chi connectivity index (χ2v) is 5.12. The van der Waals surface area contributed by atoms with Gasteiger partial charge in [0.15, 0.2) is 0 Å². The molecule has 78 valence electrons. The van der Waals surface area contributed by atoms with Gasteiger partial charge >= 0.3 is 0 Å². The summed E-state index contributed by atoms with van der Waals surface area (Å²) in [5, 5.41) is 0. The maximum absolute atomic E-state index is 5.82. The Morgan fingerprint density at radius 1 is 1.53 bits per heavy atom. The Labute approximate surface area is 96.4 Å². The van der Waals surface area contributed by atoms with Crippen LogP contribution in [0.15, 0.2) is 29.0 Å². The number of hydrogen-bond donors (Lipinski definition) is 1. The molecule has 3 nitrogen and oxygen atoms in total. The van der Waals surface area contributed by atoms with Gasteiger partial charge in [-0.1, -0.05) is 15.9 Å². The quantitative estimate of drug-likeness (QED) is 0.904. The Hall–Kier alpha value is -0.870. The lowest BCUT2D eigenvalue weighted by atomic mass is 10.1. The van der Waals surface area contributed by atoms with E-state index in [1.165, 1.54) is 12.8 Å². The zero-order valence-corrected chi connectivity index (χ0v) is 9.87. The third kappa shape index (κ3) is 1.32. The molecule has 2 N–H and O–H groups in total. The summed E-state index contributed by atoms with van der Waals surface area (Å²) in [5.41, 5.74) is 7.10. The molecule has 1 fully saturated rings. The molecule has 0 unspecified atom stereocenters. The van der Waals surface area contributed by atoms with E-state index in [-0.39, 0.29) is 5.41 Å². The van der Waals surface area contributed by atoms with Crippen molar-refractivity contribution in [2.24, 2.45) is 5.73 Å². The van der Waals surface area contributed by atoms with E-state index in [0.29, 0.717) is 6.54 Å². The SMILES string of the molecule is NCC1(c2ncc3cc(Br)ccn23)CC1. The lowest BCUT2D eigenvalue weighted by Gasteiger charge is -2.10. The second kappa shape index (κ2) is 3.06. The van der Waals surface area contributed by atoms with Crippen LogP contribution in [0.25, 0.3) is 5.52 Å². The number of rotatable bonds is 2. The van der Waals surface area contributed by atoms with Crippen molar-refractivity contribution < 1.29 is 0 Å². The molecular weight excluding hydrogens is 254 g/mol. The van der Waals surface area contributed by atoms with Crippen LogP contribution in [0, 0.1) is 0 Å². The summed E-state index contributed by atoms with van der Waals surface area (Å²) in [5.74, 6) is 1.12. The van der Waals surface area contributed by atoms with Crippen LogP contribution < -0.4 is 5.73 Å². The summed E-state index contributed by atoms with van der Waals surface area (Å²) >= 11 is 3.46. The molecule has 1 aliphatic rings. The van der Waals surface area contributed by atoms with Gasteiger partial charge in [0, 0.05) is 22.6 Å². The minimum Gasteiger partial charge on any atom is -0.329 e. The van der Waals surface area contributed by atoms with Gasteiger partial charge in [-0.05, 0) is 25.0 Å². The number of halogens is 1. The highest BCUT2D eigenvalue weighted by Gasteiger charge is 2.46. The summed E-state index contributed by atoms with van der Waals surface area (Å²) in [6.07, 6.45) is 6.30. The van der Waals surface area contributed by atoms with Crippen molar-refractivity contribution in [1.29, 1.82) is 0 Å². The van der Waals surface area contributed by atoms with Gasteiger partial charge in [-0.2, -0.15) is 0 Å². The first-order valence-corrected chi connectivity index (χ1v) is 5.88. The summed E-state index contributed by atoms with van der Waals surface area (Å²) in [4.78, 5) is 4.50. The van der Waals surface area contributed by atoms with E-state index < -0.39 is 0 Å². The van der Waals surface area contributed by atoms with Crippen LogP contribution in [-0.4, -0.2) is 15.9 Å². The molecule has 0 saturated heterocycles. The predicted octanol–water partition coefficient (Wildman–Crippen LogP) is 2.09. The molecule has 1 saturated carbocycles. The number of fused-ring (bicyclic) bond motifs is 1. The Balaban J connectivity index is 2.21. The van der Waals surface area contributed by atoms with Crippen LogP contribution in [0.2, 0.25) is 0 Å². The van der Waals surface area contributed by atoms with Crippen LogP contribution in [0.3, 0.4) is 0 Å². The van der Waals surface area contributed by atoms with E-state index in [4.69, 9.17) is 5.73 Å². The highest BCUT2D eigenvalue weighted by Crippen LogP contribution is 2.46. The molecule has 2 aromatic rings. The topological polar surface area (TPSA) is 43.3 Å². The average molecular weight is 266 g/mol. The smallest absolute Gasteiger partial charge is 0.120 e. The molecule has 0 amide bonds. The number of pyridine rings is 1. The van der Waals surface area contributed by atoms with Crippen molar-refractivity contribution in [3.63, 3.8) is 0 Å². The molecule has 0 spiro atoms. The van der Waals surface area contributed by atoms with E-state index in [0.717, 1.165) is 15.8 Å². The van der Waals surface area contributed by atoms with Crippen molar-refractivity contribution in [2.45, 2.75) is 18.3 Å². The van der Waals surface area contributed by atoms with E-state index in [1.54, 1.807) is 0 Å². The van der Waals surface area contributed by atoms with Crippen LogP contribution in [0.1, 0.15) is 18.7 Å².